The Kier molecular flexibility index (Phi) is 23.0. The number of hydrogen-bond donors (Lipinski definition) is 2. The van der Waals surface area contributed by atoms with Gasteiger partial charge in [0.15, 0.2) is 49.4 Å². The molecule has 0 amide bonds. The second kappa shape index (κ2) is 27.5. The third-order valence-corrected chi connectivity index (χ3v) is 9.77. The van der Waals surface area contributed by atoms with Gasteiger partial charge in [-0.05, 0) is 18.4 Å². The normalized spacial score (nSPS) is 31.4. The molecule has 3 rings (SSSR count). The minimum absolute atomic E-state index is 0.0258. The Morgan fingerprint density at radius 2 is 0.836 bits per heavy atom. The number of rotatable bonds is 23. The average molecular weight is 966 g/mol. The first-order valence-electron chi connectivity index (χ1n) is 21.1. The van der Waals surface area contributed by atoms with Gasteiger partial charge in [0.05, 0.1) is 0 Å². The molecule has 0 aromatic carbocycles. The monoisotopic (exact) mass is 965 g/mol. The zero-order valence-electron chi connectivity index (χ0n) is 38.2. The lowest BCUT2D eigenvalue weighted by Gasteiger charge is -2.50. The Hall–Kier alpha value is -5.25. The molecule has 0 aliphatic carbocycles. The Morgan fingerprint density at radius 1 is 0.463 bits per heavy atom. The van der Waals surface area contributed by atoms with Crippen LogP contribution in [-0.4, -0.2) is 183 Å². The van der Waals surface area contributed by atoms with E-state index in [1.54, 1.807) is 0 Å². The zero-order valence-corrected chi connectivity index (χ0v) is 38.2. The van der Waals surface area contributed by atoms with E-state index in [9.17, 15) is 48.6 Å². The van der Waals surface area contributed by atoms with Gasteiger partial charge in [0.2, 0.25) is 0 Å². The summed E-state index contributed by atoms with van der Waals surface area (Å²) in [5.41, 5.74) is 8.54. The van der Waals surface area contributed by atoms with Crippen molar-refractivity contribution in [1.29, 1.82) is 0 Å². The Morgan fingerprint density at radius 3 is 1.28 bits per heavy atom. The number of azide groups is 1. The molecule has 67 heavy (non-hydrogen) atoms. The van der Waals surface area contributed by atoms with Crippen LogP contribution in [0.3, 0.4) is 0 Å². The molecule has 378 valence electrons. The molecule has 3 aliphatic heterocycles. The van der Waals surface area contributed by atoms with E-state index in [1.807, 2.05) is 0 Å². The molecule has 15 atom stereocenters. The van der Waals surface area contributed by atoms with Gasteiger partial charge in [-0.25, -0.2) is 0 Å². The summed E-state index contributed by atoms with van der Waals surface area (Å²) in [5.74, 6) is -7.22. The fourth-order valence-corrected chi connectivity index (χ4v) is 7.16. The molecule has 0 unspecified atom stereocenters. The molecule has 3 saturated heterocycles. The third kappa shape index (κ3) is 18.1. The van der Waals surface area contributed by atoms with Crippen LogP contribution in [0.2, 0.25) is 0 Å². The predicted molar refractivity (Wildman–Crippen MR) is 214 cm³/mol. The van der Waals surface area contributed by atoms with Gasteiger partial charge in [-0.2, -0.15) is 0 Å². The van der Waals surface area contributed by atoms with Gasteiger partial charge < -0.3 is 76.5 Å². The maximum Gasteiger partial charge on any atom is 0.303 e. The molecule has 0 saturated carbocycles. The molecule has 0 spiro atoms. The van der Waals surface area contributed by atoms with Crippen molar-refractivity contribution >= 4 is 47.8 Å². The van der Waals surface area contributed by atoms with Crippen LogP contribution in [0.15, 0.2) is 5.11 Å². The number of carbonyl (C=O) groups excluding carboxylic acids is 8. The second-order valence-electron chi connectivity index (χ2n) is 15.3. The zero-order chi connectivity index (χ0) is 50.0. The lowest BCUT2D eigenvalue weighted by Crippen LogP contribution is -2.68. The van der Waals surface area contributed by atoms with E-state index in [2.05, 4.69) is 10.0 Å². The van der Waals surface area contributed by atoms with Crippen molar-refractivity contribution in [2.75, 3.05) is 33.0 Å². The van der Waals surface area contributed by atoms with Gasteiger partial charge >= 0.3 is 47.8 Å². The van der Waals surface area contributed by atoms with E-state index in [-0.39, 0.29) is 13.2 Å². The van der Waals surface area contributed by atoms with Crippen LogP contribution in [-0.2, 0) is 105 Å². The molecule has 3 fully saturated rings. The van der Waals surface area contributed by atoms with Crippen LogP contribution < -0.4 is 0 Å². The largest absolute Gasteiger partial charge is 0.463 e. The number of carbonyl (C=O) groups is 8. The van der Waals surface area contributed by atoms with Crippen LogP contribution >= 0.6 is 0 Å². The van der Waals surface area contributed by atoms with Gasteiger partial charge in [-0.1, -0.05) is 18.0 Å². The van der Waals surface area contributed by atoms with E-state index < -0.39 is 160 Å². The van der Waals surface area contributed by atoms with Crippen molar-refractivity contribution in [1.82, 2.24) is 0 Å². The fraction of sp³-hybridized carbons (Fsp3) is 0.800. The van der Waals surface area contributed by atoms with Crippen molar-refractivity contribution in [3.8, 4) is 0 Å². The highest BCUT2D eigenvalue weighted by Gasteiger charge is 2.59. The highest BCUT2D eigenvalue weighted by molar-refractivity contribution is 5.69. The first kappa shape index (κ1) is 56.1. The van der Waals surface area contributed by atoms with Crippen LogP contribution in [0.25, 0.3) is 10.4 Å². The highest BCUT2D eigenvalue weighted by Crippen LogP contribution is 2.37. The van der Waals surface area contributed by atoms with Gasteiger partial charge in [-0.3, -0.25) is 38.4 Å². The smallest absolute Gasteiger partial charge is 0.303 e. The summed E-state index contributed by atoms with van der Waals surface area (Å²) in [7, 11) is 0. The molecule has 27 heteroatoms. The van der Waals surface area contributed by atoms with Crippen LogP contribution in [0, 0.1) is 0 Å². The molecule has 0 aromatic rings. The predicted octanol–water partition coefficient (Wildman–Crippen LogP) is -0.112. The number of ether oxygens (including phenoxy) is 14. The summed E-state index contributed by atoms with van der Waals surface area (Å²) in [6.07, 6.45) is -24.3. The van der Waals surface area contributed by atoms with Crippen LogP contribution in [0.4, 0.5) is 0 Å². The number of aliphatic hydroxyl groups excluding tert-OH is 2. The van der Waals surface area contributed by atoms with E-state index in [0.29, 0.717) is 25.7 Å². The third-order valence-electron chi connectivity index (χ3n) is 9.77. The number of hydrogen-bond acceptors (Lipinski definition) is 25. The molecule has 0 radical (unpaired) electrons. The maximum absolute atomic E-state index is 13.0. The fourth-order valence-electron chi connectivity index (χ4n) is 7.16. The Bertz CT molecular complexity index is 1760. The van der Waals surface area contributed by atoms with Crippen LogP contribution in [0.5, 0.6) is 0 Å². The number of unbranched alkanes of at least 4 members (excludes halogenated alkanes) is 3. The van der Waals surface area contributed by atoms with Gasteiger partial charge in [-0.15, -0.1) is 0 Å². The van der Waals surface area contributed by atoms with Gasteiger partial charge in [0, 0.05) is 73.5 Å². The highest BCUT2D eigenvalue weighted by atomic mass is 16.8. The summed E-state index contributed by atoms with van der Waals surface area (Å²) >= 11 is 0. The summed E-state index contributed by atoms with van der Waals surface area (Å²) < 4.78 is 80.3. The lowest BCUT2D eigenvalue weighted by atomic mass is 9.95. The number of nitrogens with zero attached hydrogens (tertiary/aromatic N) is 3. The molecular formula is C40H59N3O24. The SMILES string of the molecule is CC(=O)OC[C@H]1O[C@H](O[C@@H]2[C@H](OC(C)=O)[C@@H](O[C@H]3[C@@H](OC(C)=O)[C@@H](COC(C)=O)O[C@@H](OCCCCCCN=[N+]=[N-])[C@@H]3OC(C)=O)O[C@H](COC(C)=O)[C@H]2OC(C)=O)[C@H](O)[C@@H](O)[C@H]1OC(C)=O. The summed E-state index contributed by atoms with van der Waals surface area (Å²) in [4.78, 5) is 102. The first-order valence-corrected chi connectivity index (χ1v) is 21.1. The summed E-state index contributed by atoms with van der Waals surface area (Å²) in [6, 6.07) is 0. The number of aliphatic hydroxyl groups is 2. The molecule has 27 nitrogen and oxygen atoms in total. The maximum atomic E-state index is 13.0. The van der Waals surface area contributed by atoms with Crippen molar-refractivity contribution in [2.45, 2.75) is 173 Å². The molecule has 3 aliphatic rings. The van der Waals surface area contributed by atoms with E-state index in [0.717, 1.165) is 55.4 Å². The van der Waals surface area contributed by atoms with Crippen molar-refractivity contribution < 1.29 is 115 Å². The van der Waals surface area contributed by atoms with Crippen molar-refractivity contribution in [2.24, 2.45) is 5.11 Å². The standard InChI is InChI=1S/C40H59N3O24/c1-18(44)55-15-26-31(58-21(4)47)29(52)30(53)38(63-26)66-35-33(60-23(6)49)28(17-57-20(3)46)65-40(37(35)62-25(8)51)67-34-32(59-22(5)48)27(16-56-19(2)45)64-39(36(34)61-24(7)50)54-14-12-10-9-11-13-42-43-41/h26-40,52-53H,9-17H2,1-8H3/t26-,27-,28-,29-,30-,31+,32+,33-,34+,35+,36-,37+,38-,39-,40-/m1/s1. The quantitative estimate of drug-likeness (QED) is 0.0337. The Labute approximate surface area is 384 Å². The summed E-state index contributed by atoms with van der Waals surface area (Å²) in [6.45, 7) is 6.51. The summed E-state index contributed by atoms with van der Waals surface area (Å²) in [5, 5.41) is 26.1. The topological polar surface area (TPSA) is 355 Å². The second-order valence-corrected chi connectivity index (χ2v) is 15.3. The van der Waals surface area contributed by atoms with Crippen molar-refractivity contribution in [3.05, 3.63) is 10.4 Å². The van der Waals surface area contributed by atoms with E-state index >= 15 is 0 Å². The minimum Gasteiger partial charge on any atom is -0.463 e. The Balaban J connectivity index is 2.21. The van der Waals surface area contributed by atoms with Gasteiger partial charge in [0.1, 0.15) is 62.5 Å². The first-order chi connectivity index (χ1) is 31.6. The molecule has 0 bridgehead atoms. The molecule has 0 aromatic heterocycles. The molecule has 3 heterocycles. The lowest BCUT2D eigenvalue weighted by molar-refractivity contribution is -0.381. The average Bonchev–Trinajstić information content (AvgIpc) is 3.22. The molecule has 2 N–H and O–H groups in total. The van der Waals surface area contributed by atoms with Gasteiger partial charge in [0.25, 0.3) is 0 Å². The van der Waals surface area contributed by atoms with E-state index in [1.165, 1.54) is 0 Å². The minimum atomic E-state index is -2.11. The molecular weight excluding hydrogens is 906 g/mol. The van der Waals surface area contributed by atoms with Crippen LogP contribution in [0.1, 0.15) is 81.1 Å². The van der Waals surface area contributed by atoms with E-state index in [4.69, 9.17) is 71.8 Å². The number of esters is 8. The van der Waals surface area contributed by atoms with Crippen molar-refractivity contribution in [3.63, 3.8) is 0 Å².